The van der Waals surface area contributed by atoms with E-state index in [2.05, 4.69) is 31.4 Å². The van der Waals surface area contributed by atoms with Gasteiger partial charge in [0.05, 0.1) is 0 Å². The van der Waals surface area contributed by atoms with Gasteiger partial charge in [0.2, 0.25) is 0 Å². The van der Waals surface area contributed by atoms with Crippen LogP contribution in [0.15, 0.2) is 78.9 Å². The minimum Gasteiger partial charge on any atom is -0.457 e. The zero-order chi connectivity index (χ0) is 19.3. The first-order valence-electron chi connectivity index (χ1n) is 8.92. The van der Waals surface area contributed by atoms with Gasteiger partial charge in [-0.25, -0.2) is 4.79 Å². The molecular formula is C23H24N2O2. The van der Waals surface area contributed by atoms with E-state index in [1.807, 2.05) is 66.7 Å². The molecule has 0 fully saturated rings. The molecule has 0 spiro atoms. The van der Waals surface area contributed by atoms with Gasteiger partial charge in [-0.1, -0.05) is 51.1 Å². The van der Waals surface area contributed by atoms with Crippen molar-refractivity contribution < 1.29 is 9.53 Å². The molecule has 0 unspecified atom stereocenters. The molecule has 3 rings (SSSR count). The van der Waals surface area contributed by atoms with Crippen molar-refractivity contribution >= 4 is 17.4 Å². The van der Waals surface area contributed by atoms with Crippen molar-refractivity contribution in [1.29, 1.82) is 0 Å². The largest absolute Gasteiger partial charge is 0.457 e. The molecule has 0 bridgehead atoms. The van der Waals surface area contributed by atoms with Gasteiger partial charge in [-0.15, -0.1) is 0 Å². The Kier molecular flexibility index (Phi) is 5.46. The Hall–Kier alpha value is -3.27. The number of anilines is 2. The third kappa shape index (κ3) is 5.35. The molecule has 0 saturated heterocycles. The van der Waals surface area contributed by atoms with Crippen molar-refractivity contribution in [2.45, 2.75) is 26.2 Å². The van der Waals surface area contributed by atoms with Crippen LogP contribution in [0, 0.1) is 0 Å². The average molecular weight is 360 g/mol. The quantitative estimate of drug-likeness (QED) is 0.564. The van der Waals surface area contributed by atoms with Crippen molar-refractivity contribution in [3.8, 4) is 11.5 Å². The van der Waals surface area contributed by atoms with E-state index in [1.165, 1.54) is 5.56 Å². The summed E-state index contributed by atoms with van der Waals surface area (Å²) in [6.45, 7) is 6.48. The fourth-order valence-corrected chi connectivity index (χ4v) is 2.58. The fourth-order valence-electron chi connectivity index (χ4n) is 2.58. The third-order valence-corrected chi connectivity index (χ3v) is 4.10. The molecule has 0 atom stereocenters. The number of hydrogen-bond acceptors (Lipinski definition) is 2. The molecule has 2 N–H and O–H groups in total. The molecule has 0 aliphatic carbocycles. The fraction of sp³-hybridized carbons (Fsp3) is 0.174. The molecule has 4 heteroatoms. The maximum atomic E-state index is 12.2. The van der Waals surface area contributed by atoms with Gasteiger partial charge in [-0.3, -0.25) is 0 Å². The summed E-state index contributed by atoms with van der Waals surface area (Å²) in [7, 11) is 0. The first kappa shape index (κ1) is 18.5. The molecule has 0 aliphatic rings. The molecule has 3 aromatic rings. The van der Waals surface area contributed by atoms with Gasteiger partial charge in [0.1, 0.15) is 11.5 Å². The molecule has 138 valence electrons. The second kappa shape index (κ2) is 7.96. The highest BCUT2D eigenvalue weighted by atomic mass is 16.5. The van der Waals surface area contributed by atoms with Crippen LogP contribution in [0.25, 0.3) is 0 Å². The zero-order valence-electron chi connectivity index (χ0n) is 15.8. The summed E-state index contributed by atoms with van der Waals surface area (Å²) >= 11 is 0. The molecular weight excluding hydrogens is 336 g/mol. The van der Waals surface area contributed by atoms with Crippen LogP contribution < -0.4 is 15.4 Å². The van der Waals surface area contributed by atoms with Crippen LogP contribution in [-0.4, -0.2) is 6.03 Å². The van der Waals surface area contributed by atoms with Gasteiger partial charge in [-0.05, 0) is 59.5 Å². The van der Waals surface area contributed by atoms with E-state index in [0.29, 0.717) is 11.4 Å². The van der Waals surface area contributed by atoms with Crippen LogP contribution in [0.2, 0.25) is 0 Å². The predicted molar refractivity (Wildman–Crippen MR) is 111 cm³/mol. The highest BCUT2D eigenvalue weighted by Gasteiger charge is 2.13. The summed E-state index contributed by atoms with van der Waals surface area (Å²) in [6.07, 6.45) is 0. The first-order valence-corrected chi connectivity index (χ1v) is 8.92. The Morgan fingerprint density at radius 1 is 0.704 bits per heavy atom. The lowest BCUT2D eigenvalue weighted by Gasteiger charge is -2.19. The lowest BCUT2D eigenvalue weighted by Crippen LogP contribution is -2.19. The van der Waals surface area contributed by atoms with E-state index < -0.39 is 0 Å². The van der Waals surface area contributed by atoms with Gasteiger partial charge in [0.25, 0.3) is 0 Å². The molecule has 0 radical (unpaired) electrons. The highest BCUT2D eigenvalue weighted by Crippen LogP contribution is 2.24. The number of rotatable bonds is 4. The van der Waals surface area contributed by atoms with Crippen molar-refractivity contribution in [2.24, 2.45) is 0 Å². The third-order valence-electron chi connectivity index (χ3n) is 4.10. The minimum absolute atomic E-state index is 0.0877. The van der Waals surface area contributed by atoms with Crippen molar-refractivity contribution in [2.75, 3.05) is 10.6 Å². The SMILES string of the molecule is CC(C)(C)c1ccc(NC(=O)Nc2ccc(Oc3ccccc3)cc2)cc1. The van der Waals surface area contributed by atoms with Crippen LogP contribution in [0.1, 0.15) is 26.3 Å². The van der Waals surface area contributed by atoms with Gasteiger partial charge in [0, 0.05) is 11.4 Å². The van der Waals surface area contributed by atoms with E-state index in [0.717, 1.165) is 11.4 Å². The molecule has 0 heterocycles. The molecule has 0 aliphatic heterocycles. The maximum Gasteiger partial charge on any atom is 0.323 e. The Morgan fingerprint density at radius 3 is 1.70 bits per heavy atom. The first-order chi connectivity index (χ1) is 12.9. The van der Waals surface area contributed by atoms with E-state index in [1.54, 1.807) is 12.1 Å². The Balaban J connectivity index is 1.56. The Morgan fingerprint density at radius 2 is 1.19 bits per heavy atom. The number of ether oxygens (including phenoxy) is 1. The second-order valence-electron chi connectivity index (χ2n) is 7.35. The number of para-hydroxylation sites is 1. The molecule has 2 amide bonds. The standard InChI is InChI=1S/C23H24N2O2/c1-23(2,3)17-9-11-18(12-10-17)24-22(26)25-19-13-15-21(16-14-19)27-20-7-5-4-6-8-20/h4-16H,1-3H3,(H2,24,25,26). The number of carbonyl (C=O) groups excluding carboxylic acids is 1. The van der Waals surface area contributed by atoms with Crippen LogP contribution in [0.5, 0.6) is 11.5 Å². The van der Waals surface area contributed by atoms with Crippen LogP contribution >= 0.6 is 0 Å². The molecule has 0 aromatic heterocycles. The van der Waals surface area contributed by atoms with Crippen molar-refractivity contribution in [1.82, 2.24) is 0 Å². The van der Waals surface area contributed by atoms with Gasteiger partial charge < -0.3 is 15.4 Å². The second-order valence-corrected chi connectivity index (χ2v) is 7.35. The summed E-state index contributed by atoms with van der Waals surface area (Å²) in [5, 5.41) is 5.66. The van der Waals surface area contributed by atoms with Crippen molar-refractivity contribution in [3.05, 3.63) is 84.4 Å². The lowest BCUT2D eigenvalue weighted by atomic mass is 9.87. The summed E-state index contributed by atoms with van der Waals surface area (Å²) in [5.74, 6) is 1.49. The maximum absolute atomic E-state index is 12.2. The van der Waals surface area contributed by atoms with E-state index in [4.69, 9.17) is 4.74 Å². The Bertz CT molecular complexity index is 880. The molecule has 0 saturated carbocycles. The van der Waals surface area contributed by atoms with Crippen molar-refractivity contribution in [3.63, 3.8) is 0 Å². The molecule has 3 aromatic carbocycles. The number of amides is 2. The summed E-state index contributed by atoms with van der Waals surface area (Å²) < 4.78 is 5.74. The molecule has 27 heavy (non-hydrogen) atoms. The van der Waals surface area contributed by atoms with Crippen LogP contribution in [0.4, 0.5) is 16.2 Å². The normalized spacial score (nSPS) is 10.9. The smallest absolute Gasteiger partial charge is 0.323 e. The predicted octanol–water partition coefficient (Wildman–Crippen LogP) is 6.42. The number of benzene rings is 3. The zero-order valence-corrected chi connectivity index (χ0v) is 15.8. The minimum atomic E-state index is -0.282. The summed E-state index contributed by atoms with van der Waals surface area (Å²) in [5.41, 5.74) is 2.76. The van der Waals surface area contributed by atoms with Crippen LogP contribution in [-0.2, 0) is 5.41 Å². The van der Waals surface area contributed by atoms with Gasteiger partial charge in [0.15, 0.2) is 0 Å². The summed E-state index contributed by atoms with van der Waals surface area (Å²) in [4.78, 5) is 12.2. The number of carbonyl (C=O) groups is 1. The summed E-state index contributed by atoms with van der Waals surface area (Å²) in [6, 6.07) is 24.4. The van der Waals surface area contributed by atoms with E-state index in [-0.39, 0.29) is 11.4 Å². The lowest BCUT2D eigenvalue weighted by molar-refractivity contribution is 0.262. The highest BCUT2D eigenvalue weighted by molar-refractivity contribution is 5.99. The number of nitrogens with one attached hydrogen (secondary N) is 2. The van der Waals surface area contributed by atoms with Gasteiger partial charge in [-0.2, -0.15) is 0 Å². The van der Waals surface area contributed by atoms with E-state index in [9.17, 15) is 4.79 Å². The van der Waals surface area contributed by atoms with E-state index >= 15 is 0 Å². The topological polar surface area (TPSA) is 50.4 Å². The Labute approximate surface area is 160 Å². The average Bonchev–Trinajstić information content (AvgIpc) is 2.64. The number of urea groups is 1. The monoisotopic (exact) mass is 360 g/mol. The van der Waals surface area contributed by atoms with Gasteiger partial charge >= 0.3 is 6.03 Å². The molecule has 4 nitrogen and oxygen atoms in total. The number of hydrogen-bond donors (Lipinski definition) is 2. The van der Waals surface area contributed by atoms with Crippen LogP contribution in [0.3, 0.4) is 0 Å².